The van der Waals surface area contributed by atoms with Crippen molar-refractivity contribution in [1.82, 2.24) is 14.8 Å². The largest absolute Gasteiger partial charge is 0.264 e. The van der Waals surface area contributed by atoms with Crippen molar-refractivity contribution in [1.29, 1.82) is 5.26 Å². The van der Waals surface area contributed by atoms with Gasteiger partial charge in [0.15, 0.2) is 5.69 Å². The second-order valence-corrected chi connectivity index (χ2v) is 4.54. The summed E-state index contributed by atoms with van der Waals surface area (Å²) < 4.78 is 1.66. The Morgan fingerprint density at radius 1 is 1.15 bits per heavy atom. The van der Waals surface area contributed by atoms with E-state index in [1.54, 1.807) is 29.2 Å². The summed E-state index contributed by atoms with van der Waals surface area (Å²) in [6, 6.07) is 14.9. The van der Waals surface area contributed by atoms with Gasteiger partial charge in [0.05, 0.1) is 16.4 Å². The van der Waals surface area contributed by atoms with E-state index in [9.17, 15) is 0 Å². The lowest BCUT2D eigenvalue weighted by Crippen LogP contribution is -2.00. The van der Waals surface area contributed by atoms with Crippen molar-refractivity contribution < 1.29 is 0 Å². The van der Waals surface area contributed by atoms with Crippen LogP contribution in [0.5, 0.6) is 0 Å². The number of nitrogens with zero attached hydrogens (tertiary/aromatic N) is 4. The van der Waals surface area contributed by atoms with Crippen molar-refractivity contribution >= 4 is 11.6 Å². The SMILES string of the molecule is N#Cc1cc(-c2cccnc2)n(-c2ccccc2Cl)n1. The number of aromatic nitrogens is 3. The van der Waals surface area contributed by atoms with Crippen LogP contribution < -0.4 is 0 Å². The highest BCUT2D eigenvalue weighted by Crippen LogP contribution is 2.27. The molecule has 0 spiro atoms. The highest BCUT2D eigenvalue weighted by Gasteiger charge is 2.13. The predicted octanol–water partition coefficient (Wildman–Crippen LogP) is 3.46. The molecule has 0 saturated carbocycles. The Bertz CT molecular complexity index is 787. The maximum atomic E-state index is 9.06. The molecule has 3 aromatic rings. The van der Waals surface area contributed by atoms with Crippen LogP contribution in [0, 0.1) is 11.3 Å². The third-order valence-electron chi connectivity index (χ3n) is 2.86. The molecule has 96 valence electrons. The molecule has 0 bridgehead atoms. The molecule has 0 N–H and O–H groups in total. The Kier molecular flexibility index (Phi) is 3.20. The number of rotatable bonds is 2. The van der Waals surface area contributed by atoms with Gasteiger partial charge in [0.2, 0.25) is 0 Å². The van der Waals surface area contributed by atoms with Gasteiger partial charge in [0.1, 0.15) is 6.07 Å². The molecule has 1 aromatic carbocycles. The molecule has 0 atom stereocenters. The number of nitriles is 1. The van der Waals surface area contributed by atoms with E-state index in [1.807, 2.05) is 30.3 Å². The number of hydrogen-bond acceptors (Lipinski definition) is 3. The molecule has 20 heavy (non-hydrogen) atoms. The van der Waals surface area contributed by atoms with E-state index in [4.69, 9.17) is 16.9 Å². The van der Waals surface area contributed by atoms with Gasteiger partial charge in [-0.2, -0.15) is 10.4 Å². The van der Waals surface area contributed by atoms with Gasteiger partial charge in [0.25, 0.3) is 0 Å². The van der Waals surface area contributed by atoms with Crippen LogP contribution in [-0.2, 0) is 0 Å². The molecule has 0 amide bonds. The first-order valence-corrected chi connectivity index (χ1v) is 6.33. The summed E-state index contributed by atoms with van der Waals surface area (Å²) in [5.41, 5.74) is 2.72. The summed E-state index contributed by atoms with van der Waals surface area (Å²) in [6.45, 7) is 0. The normalized spacial score (nSPS) is 10.2. The first-order valence-electron chi connectivity index (χ1n) is 5.95. The van der Waals surface area contributed by atoms with Crippen molar-refractivity contribution in [2.75, 3.05) is 0 Å². The van der Waals surface area contributed by atoms with Crippen LogP contribution in [0.4, 0.5) is 0 Å². The Morgan fingerprint density at radius 3 is 2.70 bits per heavy atom. The van der Waals surface area contributed by atoms with E-state index in [0.29, 0.717) is 10.7 Å². The van der Waals surface area contributed by atoms with Gasteiger partial charge in [-0.25, -0.2) is 4.68 Å². The first kappa shape index (κ1) is 12.4. The fraction of sp³-hybridized carbons (Fsp3) is 0. The minimum absolute atomic E-state index is 0.337. The Morgan fingerprint density at radius 2 is 2.00 bits per heavy atom. The summed E-state index contributed by atoms with van der Waals surface area (Å²) in [5, 5.41) is 13.9. The molecule has 0 aliphatic carbocycles. The highest BCUT2D eigenvalue weighted by molar-refractivity contribution is 6.32. The zero-order chi connectivity index (χ0) is 13.9. The fourth-order valence-electron chi connectivity index (χ4n) is 1.96. The van der Waals surface area contributed by atoms with E-state index in [1.165, 1.54) is 0 Å². The smallest absolute Gasteiger partial charge is 0.163 e. The Hall–Kier alpha value is -2.64. The van der Waals surface area contributed by atoms with Gasteiger partial charge in [0, 0.05) is 24.0 Å². The van der Waals surface area contributed by atoms with Crippen LogP contribution in [0.2, 0.25) is 5.02 Å². The monoisotopic (exact) mass is 280 g/mol. The lowest BCUT2D eigenvalue weighted by atomic mass is 10.2. The van der Waals surface area contributed by atoms with Crippen molar-refractivity contribution in [3.63, 3.8) is 0 Å². The molecule has 5 heteroatoms. The van der Waals surface area contributed by atoms with Crippen LogP contribution >= 0.6 is 11.6 Å². The molecule has 0 unspecified atom stereocenters. The van der Waals surface area contributed by atoms with Gasteiger partial charge in [-0.3, -0.25) is 4.98 Å². The summed E-state index contributed by atoms with van der Waals surface area (Å²) >= 11 is 6.21. The second kappa shape index (κ2) is 5.16. The van der Waals surface area contributed by atoms with Crippen molar-refractivity contribution in [2.24, 2.45) is 0 Å². The van der Waals surface area contributed by atoms with Gasteiger partial charge in [-0.05, 0) is 24.3 Å². The quantitative estimate of drug-likeness (QED) is 0.722. The van der Waals surface area contributed by atoms with Crippen LogP contribution in [0.25, 0.3) is 16.9 Å². The molecular formula is C15H9ClN4. The van der Waals surface area contributed by atoms with Crippen molar-refractivity contribution in [2.45, 2.75) is 0 Å². The molecule has 4 nitrogen and oxygen atoms in total. The molecule has 2 heterocycles. The molecule has 0 fully saturated rings. The second-order valence-electron chi connectivity index (χ2n) is 4.13. The molecule has 3 rings (SSSR count). The zero-order valence-electron chi connectivity index (χ0n) is 10.4. The Balaban J connectivity index is 2.24. The van der Waals surface area contributed by atoms with Crippen LogP contribution in [-0.4, -0.2) is 14.8 Å². The van der Waals surface area contributed by atoms with E-state index in [-0.39, 0.29) is 0 Å². The first-order chi connectivity index (χ1) is 9.79. The van der Waals surface area contributed by atoms with Crippen LogP contribution in [0.3, 0.4) is 0 Å². The van der Waals surface area contributed by atoms with Gasteiger partial charge < -0.3 is 0 Å². The van der Waals surface area contributed by atoms with Gasteiger partial charge in [-0.15, -0.1) is 0 Å². The molecule has 0 aliphatic rings. The van der Waals surface area contributed by atoms with Crippen LogP contribution in [0.15, 0.2) is 54.9 Å². The topological polar surface area (TPSA) is 54.5 Å². The average molecular weight is 281 g/mol. The minimum atomic E-state index is 0.337. The summed E-state index contributed by atoms with van der Waals surface area (Å²) in [4.78, 5) is 4.10. The standard InChI is InChI=1S/C15H9ClN4/c16-13-5-1-2-6-14(13)20-15(8-12(9-17)19-20)11-4-3-7-18-10-11/h1-8,10H. The molecule has 0 radical (unpaired) electrons. The van der Waals surface area contributed by atoms with Gasteiger partial charge >= 0.3 is 0 Å². The molecule has 2 aromatic heterocycles. The number of benzene rings is 1. The highest BCUT2D eigenvalue weighted by atomic mass is 35.5. The van der Waals surface area contributed by atoms with Gasteiger partial charge in [-0.1, -0.05) is 23.7 Å². The Labute approximate surface area is 120 Å². The average Bonchev–Trinajstić information content (AvgIpc) is 2.93. The molecular weight excluding hydrogens is 272 g/mol. The van der Waals surface area contributed by atoms with E-state index in [2.05, 4.69) is 16.2 Å². The number of pyridine rings is 1. The number of halogens is 1. The lowest BCUT2D eigenvalue weighted by Gasteiger charge is -2.08. The van der Waals surface area contributed by atoms with Crippen molar-refractivity contribution in [3.8, 4) is 23.0 Å². The summed E-state index contributed by atoms with van der Waals surface area (Å²) in [6.07, 6.45) is 3.43. The fourth-order valence-corrected chi connectivity index (χ4v) is 2.18. The lowest BCUT2D eigenvalue weighted by molar-refractivity contribution is 0.880. The van der Waals surface area contributed by atoms with Crippen LogP contribution in [0.1, 0.15) is 5.69 Å². The van der Waals surface area contributed by atoms with E-state index < -0.39 is 0 Å². The zero-order valence-corrected chi connectivity index (χ0v) is 11.1. The van der Waals surface area contributed by atoms with Crippen molar-refractivity contribution in [3.05, 3.63) is 65.6 Å². The maximum Gasteiger partial charge on any atom is 0.163 e. The third kappa shape index (κ3) is 2.15. The summed E-state index contributed by atoms with van der Waals surface area (Å²) in [5.74, 6) is 0. The van der Waals surface area contributed by atoms with E-state index >= 15 is 0 Å². The number of para-hydroxylation sites is 1. The molecule has 0 aliphatic heterocycles. The van der Waals surface area contributed by atoms with E-state index in [0.717, 1.165) is 16.9 Å². The summed E-state index contributed by atoms with van der Waals surface area (Å²) in [7, 11) is 0. The number of hydrogen-bond donors (Lipinski definition) is 0. The predicted molar refractivity (Wildman–Crippen MR) is 76.5 cm³/mol. The maximum absolute atomic E-state index is 9.06. The third-order valence-corrected chi connectivity index (χ3v) is 3.18. The molecule has 0 saturated heterocycles. The minimum Gasteiger partial charge on any atom is -0.264 e.